The van der Waals surface area contributed by atoms with E-state index in [2.05, 4.69) is 37.8 Å². The molecule has 32 heavy (non-hydrogen) atoms. The average molecular weight is 438 g/mol. The highest BCUT2D eigenvalue weighted by atomic mass is 16.4. The fourth-order valence-corrected chi connectivity index (χ4v) is 4.19. The molecule has 4 heterocycles. The summed E-state index contributed by atoms with van der Waals surface area (Å²) in [5.41, 5.74) is 3.16. The lowest BCUT2D eigenvalue weighted by Crippen LogP contribution is -2.29. The number of nitrogens with one attached hydrogen (secondary N) is 2. The number of fused-ring (bicyclic) bond motifs is 2. The number of anilines is 2. The van der Waals surface area contributed by atoms with Crippen molar-refractivity contribution in [3.8, 4) is 0 Å². The lowest BCUT2D eigenvalue weighted by molar-refractivity contribution is -0.138. The van der Waals surface area contributed by atoms with E-state index < -0.39 is 12.0 Å². The Morgan fingerprint density at radius 2 is 2.06 bits per heavy atom. The third-order valence-electron chi connectivity index (χ3n) is 6.02. The zero-order chi connectivity index (χ0) is 22.3. The molecule has 9 nitrogen and oxygen atoms in total. The highest BCUT2D eigenvalue weighted by molar-refractivity contribution is 5.88. The van der Waals surface area contributed by atoms with Gasteiger partial charge in [0.2, 0.25) is 0 Å². The number of carboxylic acid groups (broad SMARTS) is 1. The molecule has 4 rings (SSSR count). The number of hydrogen-bond donors (Lipinski definition) is 3. The van der Waals surface area contributed by atoms with Crippen molar-refractivity contribution < 1.29 is 9.90 Å². The molecule has 0 fully saturated rings. The van der Waals surface area contributed by atoms with Crippen LogP contribution >= 0.6 is 0 Å². The van der Waals surface area contributed by atoms with Crippen molar-refractivity contribution in [2.45, 2.75) is 63.8 Å². The van der Waals surface area contributed by atoms with Gasteiger partial charge in [0.25, 0.3) is 0 Å². The van der Waals surface area contributed by atoms with Crippen molar-refractivity contribution in [1.82, 2.24) is 24.7 Å². The molecule has 0 unspecified atom stereocenters. The number of aryl methyl sites for hydroxylation is 3. The number of rotatable bonds is 11. The first-order valence-corrected chi connectivity index (χ1v) is 11.5. The maximum atomic E-state index is 11.7. The number of aromatic nitrogens is 5. The van der Waals surface area contributed by atoms with Gasteiger partial charge in [-0.1, -0.05) is 31.7 Å². The Hall–Kier alpha value is -3.23. The molecule has 0 radical (unpaired) electrons. The van der Waals surface area contributed by atoms with Gasteiger partial charge in [0, 0.05) is 19.3 Å². The van der Waals surface area contributed by atoms with Crippen molar-refractivity contribution in [3.63, 3.8) is 0 Å². The van der Waals surface area contributed by atoms with Crippen LogP contribution in [0.4, 0.5) is 11.6 Å². The van der Waals surface area contributed by atoms with Crippen LogP contribution in [-0.2, 0) is 24.7 Å². The molecule has 1 aliphatic rings. The highest BCUT2D eigenvalue weighted by Crippen LogP contribution is 2.22. The topological polar surface area (TPSA) is 118 Å². The Morgan fingerprint density at radius 3 is 2.94 bits per heavy atom. The Morgan fingerprint density at radius 1 is 1.22 bits per heavy atom. The molecule has 0 aliphatic carbocycles. The predicted molar refractivity (Wildman–Crippen MR) is 124 cm³/mol. The predicted octanol–water partition coefficient (Wildman–Crippen LogP) is 3.56. The van der Waals surface area contributed by atoms with Gasteiger partial charge in [0.15, 0.2) is 5.65 Å². The maximum absolute atomic E-state index is 11.7. The van der Waals surface area contributed by atoms with Crippen LogP contribution in [-0.4, -0.2) is 48.4 Å². The Balaban J connectivity index is 1.18. The summed E-state index contributed by atoms with van der Waals surface area (Å²) in [4.78, 5) is 24.9. The monoisotopic (exact) mass is 437 g/mol. The van der Waals surface area contributed by atoms with E-state index in [0.717, 1.165) is 68.4 Å². The van der Waals surface area contributed by atoms with E-state index in [1.807, 2.05) is 0 Å². The van der Waals surface area contributed by atoms with Gasteiger partial charge in [-0.15, -0.1) is 0 Å². The molecule has 9 heteroatoms. The van der Waals surface area contributed by atoms with Crippen molar-refractivity contribution in [2.75, 3.05) is 17.2 Å². The van der Waals surface area contributed by atoms with Gasteiger partial charge in [-0.25, -0.2) is 19.7 Å². The summed E-state index contributed by atoms with van der Waals surface area (Å²) >= 11 is 0. The molecule has 0 saturated carbocycles. The maximum Gasteiger partial charge on any atom is 0.326 e. The molecule has 1 atom stereocenters. The lowest BCUT2D eigenvalue weighted by atomic mass is 10.0. The first-order chi connectivity index (χ1) is 15.6. The number of nitrogens with zero attached hydrogens (tertiary/aromatic N) is 5. The van der Waals surface area contributed by atoms with Gasteiger partial charge in [-0.2, -0.15) is 5.10 Å². The molecule has 0 aromatic carbocycles. The van der Waals surface area contributed by atoms with Crippen LogP contribution in [0, 0.1) is 0 Å². The van der Waals surface area contributed by atoms with Crippen molar-refractivity contribution >= 4 is 28.6 Å². The molecule has 3 aromatic rings. The molecular weight excluding hydrogens is 406 g/mol. The Kier molecular flexibility index (Phi) is 7.14. The van der Waals surface area contributed by atoms with Gasteiger partial charge in [0.1, 0.15) is 24.0 Å². The van der Waals surface area contributed by atoms with E-state index in [1.165, 1.54) is 18.3 Å². The normalized spacial score (nSPS) is 14.0. The van der Waals surface area contributed by atoms with Crippen LogP contribution in [0.5, 0.6) is 0 Å². The minimum absolute atomic E-state index is 0.516. The van der Waals surface area contributed by atoms with Crippen LogP contribution in [0.1, 0.15) is 56.2 Å². The summed E-state index contributed by atoms with van der Waals surface area (Å²) in [7, 11) is 1.80. The van der Waals surface area contributed by atoms with E-state index in [-0.39, 0.29) is 0 Å². The molecule has 170 valence electrons. The van der Waals surface area contributed by atoms with Crippen LogP contribution in [0.2, 0.25) is 0 Å². The number of hydrogen-bond acceptors (Lipinski definition) is 7. The molecule has 1 aliphatic heterocycles. The summed E-state index contributed by atoms with van der Waals surface area (Å²) in [6.07, 6.45) is 12.1. The summed E-state index contributed by atoms with van der Waals surface area (Å²) in [5.74, 6) is 0.712. The Labute approximate surface area is 187 Å². The molecule has 3 aromatic heterocycles. The second-order valence-corrected chi connectivity index (χ2v) is 8.41. The molecule has 0 bridgehead atoms. The fourth-order valence-electron chi connectivity index (χ4n) is 4.19. The fraction of sp³-hybridized carbons (Fsp3) is 0.522. The van der Waals surface area contributed by atoms with Gasteiger partial charge in [-0.3, -0.25) is 4.68 Å². The van der Waals surface area contributed by atoms with E-state index in [1.54, 1.807) is 17.9 Å². The summed E-state index contributed by atoms with van der Waals surface area (Å²) < 4.78 is 1.65. The summed E-state index contributed by atoms with van der Waals surface area (Å²) in [6, 6.07) is 3.68. The number of unbranched alkanes of at least 4 members (excludes halogenated alkanes) is 4. The van der Waals surface area contributed by atoms with Gasteiger partial charge in [0.05, 0.1) is 11.6 Å². The summed E-state index contributed by atoms with van der Waals surface area (Å²) in [6.45, 7) is 1.01. The molecular formula is C23H31N7O2. The minimum Gasteiger partial charge on any atom is -0.480 e. The highest BCUT2D eigenvalue weighted by Gasteiger charge is 2.19. The SMILES string of the molecule is Cn1ncc2c(N[C@@H](CCCCCCCc3ccc4c(n3)NCCC4)C(=O)O)ncnc21. The van der Waals surface area contributed by atoms with E-state index in [0.29, 0.717) is 17.9 Å². The third-order valence-corrected chi connectivity index (χ3v) is 6.02. The zero-order valence-corrected chi connectivity index (χ0v) is 18.5. The number of aliphatic carboxylic acids is 1. The zero-order valence-electron chi connectivity index (χ0n) is 18.5. The smallest absolute Gasteiger partial charge is 0.326 e. The lowest BCUT2D eigenvalue weighted by Gasteiger charge is -2.17. The third kappa shape index (κ3) is 5.33. The second kappa shape index (κ2) is 10.4. The van der Waals surface area contributed by atoms with Crippen LogP contribution < -0.4 is 10.6 Å². The molecule has 0 spiro atoms. The van der Waals surface area contributed by atoms with Crippen molar-refractivity contribution in [1.29, 1.82) is 0 Å². The average Bonchev–Trinajstić information content (AvgIpc) is 3.19. The number of pyridine rings is 1. The first-order valence-electron chi connectivity index (χ1n) is 11.5. The van der Waals surface area contributed by atoms with Crippen LogP contribution in [0.3, 0.4) is 0 Å². The van der Waals surface area contributed by atoms with E-state index >= 15 is 0 Å². The molecule has 0 amide bonds. The summed E-state index contributed by atoms with van der Waals surface area (Å²) in [5, 5.41) is 21.0. The minimum atomic E-state index is -0.868. The Bertz CT molecular complexity index is 1070. The number of carbonyl (C=O) groups is 1. The van der Waals surface area contributed by atoms with Gasteiger partial charge >= 0.3 is 5.97 Å². The van der Waals surface area contributed by atoms with Gasteiger partial charge in [-0.05, 0) is 43.7 Å². The largest absolute Gasteiger partial charge is 0.480 e. The van der Waals surface area contributed by atoms with E-state index in [9.17, 15) is 9.90 Å². The quantitative estimate of drug-likeness (QED) is 0.390. The van der Waals surface area contributed by atoms with Crippen LogP contribution in [0.25, 0.3) is 11.0 Å². The van der Waals surface area contributed by atoms with Crippen molar-refractivity contribution in [2.24, 2.45) is 7.05 Å². The second-order valence-electron chi connectivity index (χ2n) is 8.41. The van der Waals surface area contributed by atoms with Crippen LogP contribution in [0.15, 0.2) is 24.7 Å². The standard InChI is InChI=1S/C23H31N7O2/c1-30-22-18(14-27-30)21(25-15-26-22)29-19(23(31)32)10-6-4-2-3-5-9-17-12-11-16-8-7-13-24-20(16)28-17/h11-12,14-15,19H,2-10,13H2,1H3,(H,24,28)(H,31,32)(H,25,26,29)/t19-/m0/s1. The molecule has 0 saturated heterocycles. The van der Waals surface area contributed by atoms with E-state index in [4.69, 9.17) is 4.98 Å². The molecule has 3 N–H and O–H groups in total. The van der Waals surface area contributed by atoms with Crippen molar-refractivity contribution in [3.05, 3.63) is 35.9 Å². The van der Waals surface area contributed by atoms with Gasteiger partial charge < -0.3 is 15.7 Å². The number of carboxylic acids is 1. The first kappa shape index (κ1) is 22.0.